The SMILES string of the molecule is Cn1c(C2CC2)nc2c(Oc3ccc(NC(=O)Nc4ccc(F)cc4)cc3)ccnc21. The maximum Gasteiger partial charge on any atom is 0.323 e. The molecule has 0 spiro atoms. The number of halogens is 1. The van der Waals surface area contributed by atoms with Crippen LogP contribution in [0.1, 0.15) is 24.6 Å². The van der Waals surface area contributed by atoms with Crippen LogP contribution in [0.25, 0.3) is 11.2 Å². The predicted octanol–water partition coefficient (Wildman–Crippen LogP) is 5.42. The Kier molecular flexibility index (Phi) is 4.74. The van der Waals surface area contributed by atoms with E-state index < -0.39 is 6.03 Å². The zero-order chi connectivity index (χ0) is 21.4. The highest BCUT2D eigenvalue weighted by Crippen LogP contribution is 2.41. The summed E-state index contributed by atoms with van der Waals surface area (Å²) in [6.07, 6.45) is 4.04. The van der Waals surface area contributed by atoms with E-state index in [4.69, 9.17) is 9.72 Å². The number of urea groups is 1. The van der Waals surface area contributed by atoms with Crippen LogP contribution in [0.5, 0.6) is 11.5 Å². The van der Waals surface area contributed by atoms with Gasteiger partial charge in [-0.1, -0.05) is 0 Å². The van der Waals surface area contributed by atoms with E-state index in [1.807, 2.05) is 11.6 Å². The number of benzene rings is 2. The first-order valence-corrected chi connectivity index (χ1v) is 9.99. The molecule has 2 aromatic heterocycles. The molecule has 1 fully saturated rings. The van der Waals surface area contributed by atoms with Gasteiger partial charge in [0.1, 0.15) is 17.4 Å². The van der Waals surface area contributed by atoms with E-state index in [1.165, 1.54) is 24.3 Å². The molecule has 1 aliphatic carbocycles. The number of nitrogens with zero attached hydrogens (tertiary/aromatic N) is 3. The summed E-state index contributed by atoms with van der Waals surface area (Å²) in [7, 11) is 1.98. The fraction of sp³-hybridized carbons (Fsp3) is 0.174. The number of aromatic nitrogens is 3. The van der Waals surface area contributed by atoms with Gasteiger partial charge in [-0.3, -0.25) is 0 Å². The van der Waals surface area contributed by atoms with Crippen molar-refractivity contribution >= 4 is 28.6 Å². The van der Waals surface area contributed by atoms with E-state index >= 15 is 0 Å². The summed E-state index contributed by atoms with van der Waals surface area (Å²) < 4.78 is 21.0. The Balaban J connectivity index is 1.28. The third kappa shape index (κ3) is 4.05. The number of hydrogen-bond donors (Lipinski definition) is 2. The third-order valence-electron chi connectivity index (χ3n) is 5.14. The minimum Gasteiger partial charge on any atom is -0.455 e. The molecule has 2 aromatic carbocycles. The lowest BCUT2D eigenvalue weighted by Gasteiger charge is -2.09. The Bertz CT molecular complexity index is 1250. The van der Waals surface area contributed by atoms with Crippen LogP contribution in [-0.4, -0.2) is 20.6 Å². The summed E-state index contributed by atoms with van der Waals surface area (Å²) in [5.74, 6) is 2.46. The van der Waals surface area contributed by atoms with Crippen molar-refractivity contribution in [2.75, 3.05) is 10.6 Å². The van der Waals surface area contributed by atoms with Gasteiger partial charge in [-0.25, -0.2) is 19.2 Å². The van der Waals surface area contributed by atoms with Gasteiger partial charge in [0.15, 0.2) is 16.9 Å². The number of aryl methyl sites for hydroxylation is 1. The molecule has 0 bridgehead atoms. The quantitative estimate of drug-likeness (QED) is 0.454. The lowest BCUT2D eigenvalue weighted by Crippen LogP contribution is -2.19. The Morgan fingerprint density at radius 1 is 1.03 bits per heavy atom. The molecule has 0 saturated heterocycles. The number of pyridine rings is 1. The van der Waals surface area contributed by atoms with E-state index in [2.05, 4.69) is 15.6 Å². The highest BCUT2D eigenvalue weighted by Gasteiger charge is 2.29. The molecule has 2 heterocycles. The van der Waals surface area contributed by atoms with Crippen molar-refractivity contribution in [2.45, 2.75) is 18.8 Å². The van der Waals surface area contributed by atoms with Gasteiger partial charge in [-0.05, 0) is 61.4 Å². The number of carbonyl (C=O) groups excluding carboxylic acids is 1. The molecule has 8 heteroatoms. The van der Waals surface area contributed by atoms with Crippen LogP contribution < -0.4 is 15.4 Å². The molecule has 0 aliphatic heterocycles. The molecule has 4 aromatic rings. The lowest BCUT2D eigenvalue weighted by molar-refractivity contribution is 0.262. The van der Waals surface area contributed by atoms with E-state index in [1.54, 1.807) is 36.5 Å². The normalized spacial score (nSPS) is 13.2. The van der Waals surface area contributed by atoms with Gasteiger partial charge in [0.2, 0.25) is 0 Å². The molecule has 0 unspecified atom stereocenters. The first kappa shape index (κ1) is 19.0. The number of fused-ring (bicyclic) bond motifs is 1. The summed E-state index contributed by atoms with van der Waals surface area (Å²) in [6.45, 7) is 0. The standard InChI is InChI=1S/C23H20FN5O2/c1-29-21(14-2-3-14)28-20-19(12-13-25-22(20)29)31-18-10-8-17(9-11-18)27-23(30)26-16-6-4-15(24)5-7-16/h4-14H,2-3H2,1H3,(H2,26,27,30). The van der Waals surface area contributed by atoms with E-state index in [9.17, 15) is 9.18 Å². The number of carbonyl (C=O) groups is 1. The average molecular weight is 417 g/mol. The molecule has 1 saturated carbocycles. The molecular weight excluding hydrogens is 397 g/mol. The van der Waals surface area contributed by atoms with Crippen LogP contribution in [0.3, 0.4) is 0 Å². The van der Waals surface area contributed by atoms with Crippen molar-refractivity contribution < 1.29 is 13.9 Å². The van der Waals surface area contributed by atoms with Crippen molar-refractivity contribution in [2.24, 2.45) is 7.05 Å². The van der Waals surface area contributed by atoms with Gasteiger partial charge < -0.3 is 19.9 Å². The Hall–Kier alpha value is -3.94. The minimum atomic E-state index is -0.419. The van der Waals surface area contributed by atoms with Gasteiger partial charge in [-0.2, -0.15) is 0 Å². The Morgan fingerprint density at radius 2 is 1.68 bits per heavy atom. The Morgan fingerprint density at radius 3 is 2.32 bits per heavy atom. The lowest BCUT2D eigenvalue weighted by atomic mass is 10.3. The number of imidazole rings is 1. The van der Waals surface area contributed by atoms with Gasteiger partial charge >= 0.3 is 6.03 Å². The van der Waals surface area contributed by atoms with Crippen LogP contribution in [0.15, 0.2) is 60.8 Å². The van der Waals surface area contributed by atoms with E-state index in [0.717, 1.165) is 29.8 Å². The van der Waals surface area contributed by atoms with E-state index in [-0.39, 0.29) is 5.82 Å². The average Bonchev–Trinajstić information content (AvgIpc) is 3.55. The summed E-state index contributed by atoms with van der Waals surface area (Å²) in [5.41, 5.74) is 2.64. The summed E-state index contributed by atoms with van der Waals surface area (Å²) in [4.78, 5) is 21.3. The van der Waals surface area contributed by atoms with Crippen LogP contribution in [-0.2, 0) is 7.05 Å². The summed E-state index contributed by atoms with van der Waals surface area (Å²) in [6, 6.07) is 14.0. The summed E-state index contributed by atoms with van der Waals surface area (Å²) in [5, 5.41) is 5.38. The van der Waals surface area contributed by atoms with Gasteiger partial charge in [0.25, 0.3) is 0 Å². The summed E-state index contributed by atoms with van der Waals surface area (Å²) >= 11 is 0. The van der Waals surface area contributed by atoms with Crippen LogP contribution in [0.4, 0.5) is 20.6 Å². The largest absolute Gasteiger partial charge is 0.455 e. The van der Waals surface area contributed by atoms with Gasteiger partial charge in [-0.15, -0.1) is 0 Å². The molecule has 2 N–H and O–H groups in total. The molecule has 156 valence electrons. The molecule has 7 nitrogen and oxygen atoms in total. The molecule has 31 heavy (non-hydrogen) atoms. The smallest absolute Gasteiger partial charge is 0.323 e. The van der Waals surface area contributed by atoms with Gasteiger partial charge in [0.05, 0.1) is 0 Å². The maximum absolute atomic E-state index is 13.0. The zero-order valence-electron chi connectivity index (χ0n) is 16.8. The number of anilines is 2. The minimum absolute atomic E-state index is 0.359. The van der Waals surface area contributed by atoms with Gasteiger partial charge in [0, 0.05) is 36.6 Å². The molecule has 0 atom stereocenters. The van der Waals surface area contributed by atoms with Crippen LogP contribution in [0.2, 0.25) is 0 Å². The van der Waals surface area contributed by atoms with Crippen LogP contribution >= 0.6 is 0 Å². The number of hydrogen-bond acceptors (Lipinski definition) is 4. The van der Waals surface area contributed by atoms with Crippen molar-refractivity contribution in [1.29, 1.82) is 0 Å². The van der Waals surface area contributed by atoms with Crippen LogP contribution in [0, 0.1) is 5.82 Å². The first-order chi connectivity index (χ1) is 15.1. The number of nitrogens with one attached hydrogen (secondary N) is 2. The van der Waals surface area contributed by atoms with Crippen molar-refractivity contribution in [3.8, 4) is 11.5 Å². The number of ether oxygens (including phenoxy) is 1. The molecule has 1 aliphatic rings. The van der Waals surface area contributed by atoms with E-state index in [0.29, 0.717) is 28.8 Å². The highest BCUT2D eigenvalue weighted by molar-refractivity contribution is 5.99. The number of amides is 2. The zero-order valence-corrected chi connectivity index (χ0v) is 16.8. The molecule has 0 radical (unpaired) electrons. The number of rotatable bonds is 5. The highest BCUT2D eigenvalue weighted by atomic mass is 19.1. The predicted molar refractivity (Wildman–Crippen MR) is 116 cm³/mol. The molecular formula is C23H20FN5O2. The second kappa shape index (κ2) is 7.71. The molecule has 5 rings (SSSR count). The first-order valence-electron chi connectivity index (χ1n) is 9.99. The fourth-order valence-corrected chi connectivity index (χ4v) is 3.42. The van der Waals surface area contributed by atoms with Crippen molar-refractivity contribution in [3.63, 3.8) is 0 Å². The topological polar surface area (TPSA) is 81.1 Å². The molecule has 2 amide bonds. The maximum atomic E-state index is 13.0. The van der Waals surface area contributed by atoms with Crippen molar-refractivity contribution in [3.05, 3.63) is 72.4 Å². The Labute approximate surface area is 177 Å². The van der Waals surface area contributed by atoms with Crippen molar-refractivity contribution in [1.82, 2.24) is 14.5 Å². The monoisotopic (exact) mass is 417 g/mol. The second-order valence-electron chi connectivity index (χ2n) is 7.50. The third-order valence-corrected chi connectivity index (χ3v) is 5.14. The fourth-order valence-electron chi connectivity index (χ4n) is 3.42. The second-order valence-corrected chi connectivity index (χ2v) is 7.50.